The summed E-state index contributed by atoms with van der Waals surface area (Å²) in [6, 6.07) is 7.47. The molecule has 0 bridgehead atoms. The number of rotatable bonds is 10. The molecule has 0 fully saturated rings. The summed E-state index contributed by atoms with van der Waals surface area (Å²) < 4.78 is 8.89. The molecule has 0 heterocycles. The van der Waals surface area contributed by atoms with E-state index in [9.17, 15) is 0 Å². The van der Waals surface area contributed by atoms with E-state index in [4.69, 9.17) is 79.1 Å². The lowest BCUT2D eigenvalue weighted by Gasteiger charge is -2.12. The Labute approximate surface area is 173 Å². The molecule has 2 nitrogen and oxygen atoms in total. The van der Waals surface area contributed by atoms with Crippen molar-refractivity contribution in [3.05, 3.63) is 24.3 Å². The highest BCUT2D eigenvalue weighted by Gasteiger charge is 2.18. The predicted molar refractivity (Wildman–Crippen MR) is 106 cm³/mol. The molecule has 24 heavy (non-hydrogen) atoms. The average Bonchev–Trinajstić information content (AvgIpc) is 2.45. The van der Waals surface area contributed by atoms with Crippen LogP contribution in [0.5, 0.6) is 11.5 Å². The molecule has 0 spiro atoms. The molecular formula is C16H20Cl6O2. The van der Waals surface area contributed by atoms with Gasteiger partial charge < -0.3 is 9.47 Å². The molecule has 0 atom stereocenters. The minimum atomic E-state index is -1.18. The number of halogens is 6. The van der Waals surface area contributed by atoms with Crippen molar-refractivity contribution in [2.45, 2.75) is 46.1 Å². The van der Waals surface area contributed by atoms with E-state index in [-0.39, 0.29) is 0 Å². The van der Waals surface area contributed by atoms with Crippen LogP contribution < -0.4 is 9.47 Å². The smallest absolute Gasteiger partial charge is 0.190 e. The Morgan fingerprint density at radius 2 is 0.917 bits per heavy atom. The largest absolute Gasteiger partial charge is 0.494 e. The van der Waals surface area contributed by atoms with Crippen LogP contribution in [0.15, 0.2) is 24.3 Å². The normalized spacial score (nSPS) is 12.2. The van der Waals surface area contributed by atoms with Crippen molar-refractivity contribution in [1.29, 1.82) is 0 Å². The maximum absolute atomic E-state index is 5.69. The standard InChI is InChI=1S/C16H20Cl6O2/c17-15(18,19)9-1-3-11-23-13-5-7-14(8-6-13)24-12-4-2-10-16(20,21)22/h5-8H,1-4,9-12H2. The van der Waals surface area contributed by atoms with E-state index in [0.29, 0.717) is 26.1 Å². The van der Waals surface area contributed by atoms with Crippen molar-refractivity contribution in [2.75, 3.05) is 13.2 Å². The summed E-state index contributed by atoms with van der Waals surface area (Å²) in [5, 5.41) is 0. The molecule has 1 rings (SSSR count). The molecular weight excluding hydrogens is 437 g/mol. The number of unbranched alkanes of at least 4 members (excludes halogenated alkanes) is 2. The Balaban J connectivity index is 2.14. The minimum Gasteiger partial charge on any atom is -0.494 e. The topological polar surface area (TPSA) is 18.5 Å². The van der Waals surface area contributed by atoms with Gasteiger partial charge in [-0.15, -0.1) is 0 Å². The summed E-state index contributed by atoms with van der Waals surface area (Å²) in [7, 11) is 0. The zero-order valence-electron chi connectivity index (χ0n) is 13.1. The Bertz CT molecular complexity index is 410. The van der Waals surface area contributed by atoms with Crippen molar-refractivity contribution in [3.8, 4) is 11.5 Å². The van der Waals surface area contributed by atoms with Gasteiger partial charge in [0.1, 0.15) is 11.5 Å². The van der Waals surface area contributed by atoms with Crippen molar-refractivity contribution >= 4 is 69.6 Å². The number of alkyl halides is 6. The SMILES string of the molecule is ClC(Cl)(Cl)CCCCOc1ccc(OCCCCC(Cl)(Cl)Cl)cc1. The molecule has 0 aromatic heterocycles. The molecule has 138 valence electrons. The van der Waals surface area contributed by atoms with Gasteiger partial charge >= 0.3 is 0 Å². The van der Waals surface area contributed by atoms with Gasteiger partial charge in [0.05, 0.1) is 13.2 Å². The second-order valence-electron chi connectivity index (χ2n) is 5.31. The van der Waals surface area contributed by atoms with Crippen LogP contribution in [-0.4, -0.2) is 20.8 Å². The molecule has 8 heteroatoms. The first-order valence-electron chi connectivity index (χ1n) is 7.65. The number of ether oxygens (including phenoxy) is 2. The van der Waals surface area contributed by atoms with Gasteiger partial charge in [0.15, 0.2) is 7.59 Å². The van der Waals surface area contributed by atoms with Crippen LogP contribution in [0.4, 0.5) is 0 Å². The van der Waals surface area contributed by atoms with Crippen molar-refractivity contribution < 1.29 is 9.47 Å². The fourth-order valence-corrected chi connectivity index (χ4v) is 2.67. The first-order chi connectivity index (χ1) is 11.2. The highest BCUT2D eigenvalue weighted by atomic mass is 35.6. The average molecular weight is 457 g/mol. The summed E-state index contributed by atoms with van der Waals surface area (Å²) in [6.45, 7) is 1.16. The van der Waals surface area contributed by atoms with Gasteiger partial charge in [-0.1, -0.05) is 69.6 Å². The second-order valence-corrected chi connectivity index (χ2v) is 10.3. The lowest BCUT2D eigenvalue weighted by Crippen LogP contribution is -2.04. The van der Waals surface area contributed by atoms with E-state index in [2.05, 4.69) is 0 Å². The third kappa shape index (κ3) is 12.9. The van der Waals surface area contributed by atoms with E-state index in [1.807, 2.05) is 24.3 Å². The van der Waals surface area contributed by atoms with Gasteiger partial charge in [0.2, 0.25) is 0 Å². The predicted octanol–water partition coefficient (Wildman–Crippen LogP) is 7.53. The van der Waals surface area contributed by atoms with Crippen molar-refractivity contribution in [1.82, 2.24) is 0 Å². The van der Waals surface area contributed by atoms with Crippen LogP contribution in [0.25, 0.3) is 0 Å². The van der Waals surface area contributed by atoms with Gasteiger partial charge in [-0.3, -0.25) is 0 Å². The van der Waals surface area contributed by atoms with E-state index >= 15 is 0 Å². The fourth-order valence-electron chi connectivity index (χ4n) is 1.87. The molecule has 1 aromatic rings. The molecule has 0 unspecified atom stereocenters. The zero-order valence-corrected chi connectivity index (χ0v) is 17.6. The third-order valence-corrected chi connectivity index (χ3v) is 4.20. The van der Waals surface area contributed by atoms with E-state index in [1.54, 1.807) is 0 Å². The number of benzene rings is 1. The quantitative estimate of drug-likeness (QED) is 0.267. The molecule has 0 amide bonds. The Morgan fingerprint density at radius 3 is 1.21 bits per heavy atom. The first kappa shape index (κ1) is 22.6. The second kappa shape index (κ2) is 11.3. The van der Waals surface area contributed by atoms with E-state index in [1.165, 1.54) is 0 Å². The van der Waals surface area contributed by atoms with Gasteiger partial charge in [-0.25, -0.2) is 0 Å². The molecule has 0 saturated carbocycles. The van der Waals surface area contributed by atoms with Crippen LogP contribution >= 0.6 is 69.6 Å². The van der Waals surface area contributed by atoms with Crippen LogP contribution in [0.1, 0.15) is 38.5 Å². The Kier molecular flexibility index (Phi) is 10.7. The summed E-state index contributed by atoms with van der Waals surface area (Å²) >= 11 is 34.1. The maximum Gasteiger partial charge on any atom is 0.190 e. The number of hydrogen-bond donors (Lipinski definition) is 0. The van der Waals surface area contributed by atoms with Crippen molar-refractivity contribution in [2.24, 2.45) is 0 Å². The molecule has 0 aliphatic carbocycles. The third-order valence-electron chi connectivity index (χ3n) is 3.07. The zero-order chi connectivity index (χ0) is 18.1. The number of hydrogen-bond acceptors (Lipinski definition) is 2. The lowest BCUT2D eigenvalue weighted by atomic mass is 10.2. The highest BCUT2D eigenvalue weighted by Crippen LogP contribution is 2.32. The van der Waals surface area contributed by atoms with Crippen molar-refractivity contribution in [3.63, 3.8) is 0 Å². The molecule has 0 saturated heterocycles. The minimum absolute atomic E-state index is 0.520. The Hall–Kier alpha value is 0.560. The van der Waals surface area contributed by atoms with Gasteiger partial charge in [-0.2, -0.15) is 0 Å². The van der Waals surface area contributed by atoms with Crippen LogP contribution in [0.3, 0.4) is 0 Å². The summed E-state index contributed by atoms with van der Waals surface area (Å²) in [5.41, 5.74) is 0. The van der Waals surface area contributed by atoms with Gasteiger partial charge in [0, 0.05) is 0 Å². The van der Waals surface area contributed by atoms with Crippen LogP contribution in [-0.2, 0) is 0 Å². The summed E-state index contributed by atoms with van der Waals surface area (Å²) in [4.78, 5) is 0. The van der Waals surface area contributed by atoms with E-state index in [0.717, 1.165) is 37.2 Å². The molecule has 0 aliphatic heterocycles. The van der Waals surface area contributed by atoms with E-state index < -0.39 is 7.59 Å². The molecule has 0 aliphatic rings. The molecule has 1 aromatic carbocycles. The first-order valence-corrected chi connectivity index (χ1v) is 9.92. The van der Waals surface area contributed by atoms with Gasteiger partial charge in [-0.05, 0) is 62.8 Å². The maximum atomic E-state index is 5.69. The molecule has 0 N–H and O–H groups in total. The lowest BCUT2D eigenvalue weighted by molar-refractivity contribution is 0.297. The monoisotopic (exact) mass is 454 g/mol. The van der Waals surface area contributed by atoms with Gasteiger partial charge in [0.25, 0.3) is 0 Å². The van der Waals surface area contributed by atoms with Crippen LogP contribution in [0.2, 0.25) is 0 Å². The summed E-state index contributed by atoms with van der Waals surface area (Å²) in [5.74, 6) is 1.57. The van der Waals surface area contributed by atoms with Crippen LogP contribution in [0, 0.1) is 0 Å². The Morgan fingerprint density at radius 1 is 0.583 bits per heavy atom. The summed E-state index contributed by atoms with van der Waals surface area (Å²) in [6.07, 6.45) is 4.29. The highest BCUT2D eigenvalue weighted by molar-refractivity contribution is 6.67. The fraction of sp³-hybridized carbons (Fsp3) is 0.625. The molecule has 0 radical (unpaired) electrons.